The van der Waals surface area contributed by atoms with E-state index in [1.54, 1.807) is 18.5 Å². The summed E-state index contributed by atoms with van der Waals surface area (Å²) in [6.45, 7) is 4.48. The van der Waals surface area contributed by atoms with E-state index in [0.717, 1.165) is 10.4 Å². The van der Waals surface area contributed by atoms with Gasteiger partial charge in [-0.25, -0.2) is 4.98 Å². The van der Waals surface area contributed by atoms with Crippen LogP contribution < -0.4 is 5.32 Å². The normalized spacial score (nSPS) is 10.3. The number of rotatable bonds is 4. The Morgan fingerprint density at radius 1 is 1.50 bits per heavy atom. The van der Waals surface area contributed by atoms with Gasteiger partial charge in [-0.05, 0) is 19.9 Å². The first-order valence-electron chi connectivity index (χ1n) is 6.14. The summed E-state index contributed by atoms with van der Waals surface area (Å²) in [7, 11) is 0. The molecule has 0 bridgehead atoms. The number of carbonyl (C=O) groups is 2. The van der Waals surface area contributed by atoms with Crippen LogP contribution in [0.1, 0.15) is 17.4 Å². The van der Waals surface area contributed by atoms with Crippen molar-refractivity contribution in [3.63, 3.8) is 0 Å². The predicted octanol–water partition coefficient (Wildman–Crippen LogP) is 2.03. The Morgan fingerprint density at radius 3 is 2.85 bits per heavy atom. The van der Waals surface area contributed by atoms with Crippen LogP contribution in [0.3, 0.4) is 0 Å². The van der Waals surface area contributed by atoms with E-state index in [1.807, 2.05) is 13.8 Å². The fourth-order valence-corrected chi connectivity index (χ4v) is 2.30. The molecule has 2 rings (SSSR count). The van der Waals surface area contributed by atoms with E-state index in [2.05, 4.69) is 10.3 Å². The molecule has 0 fully saturated rings. The van der Waals surface area contributed by atoms with Crippen molar-refractivity contribution in [3.8, 4) is 0 Å². The van der Waals surface area contributed by atoms with Gasteiger partial charge in [0.25, 0.3) is 0 Å². The lowest BCUT2D eigenvalue weighted by atomic mass is 10.3. The maximum Gasteiger partial charge on any atom is 0.315 e. The molecular formula is C13H15N3O3S. The molecule has 0 aliphatic carbocycles. The van der Waals surface area contributed by atoms with Crippen LogP contribution in [0.4, 0.5) is 5.13 Å². The number of anilines is 1. The number of likely N-dealkylation sites (N-methyl/N-ethyl adjacent to an activating group) is 1. The number of amides is 2. The minimum Gasteiger partial charge on any atom is -0.472 e. The van der Waals surface area contributed by atoms with E-state index in [1.165, 1.54) is 22.5 Å². The lowest BCUT2D eigenvalue weighted by molar-refractivity contribution is -0.143. The zero-order valence-corrected chi connectivity index (χ0v) is 12.1. The second kappa shape index (κ2) is 6.33. The fourth-order valence-electron chi connectivity index (χ4n) is 1.64. The van der Waals surface area contributed by atoms with Crippen molar-refractivity contribution in [2.24, 2.45) is 0 Å². The molecule has 2 heterocycles. The minimum atomic E-state index is -0.676. The SMILES string of the molecule is CCN(Cc1ccoc1)C(=O)C(=O)Nc1ncc(C)s1. The molecule has 2 aromatic rings. The summed E-state index contributed by atoms with van der Waals surface area (Å²) in [6.07, 6.45) is 4.73. The molecule has 0 saturated carbocycles. The van der Waals surface area contributed by atoms with Crippen LogP contribution in [0.15, 0.2) is 29.2 Å². The molecular weight excluding hydrogens is 278 g/mol. The van der Waals surface area contributed by atoms with E-state index in [4.69, 9.17) is 4.42 Å². The summed E-state index contributed by atoms with van der Waals surface area (Å²) in [4.78, 5) is 30.4. The molecule has 0 aliphatic heterocycles. The van der Waals surface area contributed by atoms with Crippen LogP contribution in [0.5, 0.6) is 0 Å². The number of hydrogen-bond donors (Lipinski definition) is 1. The zero-order valence-electron chi connectivity index (χ0n) is 11.3. The highest BCUT2D eigenvalue weighted by Gasteiger charge is 2.22. The smallest absolute Gasteiger partial charge is 0.315 e. The second-order valence-electron chi connectivity index (χ2n) is 4.18. The zero-order chi connectivity index (χ0) is 14.5. The highest BCUT2D eigenvalue weighted by molar-refractivity contribution is 7.15. The van der Waals surface area contributed by atoms with Crippen LogP contribution in [0.25, 0.3) is 0 Å². The number of aryl methyl sites for hydroxylation is 1. The minimum absolute atomic E-state index is 0.343. The first-order valence-corrected chi connectivity index (χ1v) is 6.95. The molecule has 20 heavy (non-hydrogen) atoms. The molecule has 7 heteroatoms. The summed E-state index contributed by atoms with van der Waals surface area (Å²) in [5.41, 5.74) is 0.845. The van der Waals surface area contributed by atoms with Gasteiger partial charge < -0.3 is 9.32 Å². The van der Waals surface area contributed by atoms with Crippen molar-refractivity contribution in [3.05, 3.63) is 35.2 Å². The van der Waals surface area contributed by atoms with Gasteiger partial charge in [-0.15, -0.1) is 11.3 Å². The van der Waals surface area contributed by atoms with Crippen LogP contribution in [-0.2, 0) is 16.1 Å². The number of nitrogens with one attached hydrogen (secondary N) is 1. The van der Waals surface area contributed by atoms with Crippen LogP contribution in [0.2, 0.25) is 0 Å². The third-order valence-electron chi connectivity index (χ3n) is 2.66. The Kier molecular flexibility index (Phi) is 4.52. The van der Waals surface area contributed by atoms with Gasteiger partial charge in [0, 0.05) is 29.7 Å². The highest BCUT2D eigenvalue weighted by atomic mass is 32.1. The Hall–Kier alpha value is -2.15. The topological polar surface area (TPSA) is 75.4 Å². The molecule has 0 aromatic carbocycles. The Labute approximate surface area is 120 Å². The lowest BCUT2D eigenvalue weighted by Gasteiger charge is -2.18. The maximum atomic E-state index is 12.1. The number of thiazole rings is 1. The Bertz CT molecular complexity index is 592. The summed E-state index contributed by atoms with van der Waals surface area (Å²) < 4.78 is 4.95. The third-order valence-corrected chi connectivity index (χ3v) is 3.49. The van der Waals surface area contributed by atoms with Crippen LogP contribution >= 0.6 is 11.3 Å². The van der Waals surface area contributed by atoms with E-state index < -0.39 is 11.8 Å². The Morgan fingerprint density at radius 2 is 2.30 bits per heavy atom. The number of aromatic nitrogens is 1. The number of furan rings is 1. The molecule has 0 atom stereocenters. The Balaban J connectivity index is 1.98. The molecule has 2 amide bonds. The average molecular weight is 293 g/mol. The largest absolute Gasteiger partial charge is 0.472 e. The number of hydrogen-bond acceptors (Lipinski definition) is 5. The maximum absolute atomic E-state index is 12.1. The monoisotopic (exact) mass is 293 g/mol. The van der Waals surface area contributed by atoms with Gasteiger partial charge in [-0.3, -0.25) is 14.9 Å². The van der Waals surface area contributed by atoms with Crippen molar-refractivity contribution in [1.29, 1.82) is 0 Å². The van der Waals surface area contributed by atoms with Gasteiger partial charge in [0.05, 0.1) is 12.5 Å². The lowest BCUT2D eigenvalue weighted by Crippen LogP contribution is -2.39. The predicted molar refractivity (Wildman–Crippen MR) is 75.3 cm³/mol. The first kappa shape index (κ1) is 14.3. The van der Waals surface area contributed by atoms with E-state index >= 15 is 0 Å². The fraction of sp³-hybridized carbons (Fsp3) is 0.308. The van der Waals surface area contributed by atoms with Crippen molar-refractivity contribution in [2.75, 3.05) is 11.9 Å². The van der Waals surface area contributed by atoms with Crippen molar-refractivity contribution in [2.45, 2.75) is 20.4 Å². The van der Waals surface area contributed by atoms with Gasteiger partial charge in [-0.2, -0.15) is 0 Å². The molecule has 0 saturated heterocycles. The van der Waals surface area contributed by atoms with Crippen molar-refractivity contribution >= 4 is 28.3 Å². The molecule has 0 unspecified atom stereocenters. The van der Waals surface area contributed by atoms with Crippen LogP contribution in [-0.4, -0.2) is 28.2 Å². The van der Waals surface area contributed by atoms with E-state index in [-0.39, 0.29) is 0 Å². The molecule has 0 aliphatic rings. The van der Waals surface area contributed by atoms with Gasteiger partial charge in [0.1, 0.15) is 0 Å². The van der Waals surface area contributed by atoms with Crippen molar-refractivity contribution < 1.29 is 14.0 Å². The third kappa shape index (κ3) is 3.45. The summed E-state index contributed by atoms with van der Waals surface area (Å²) >= 11 is 1.33. The molecule has 0 radical (unpaired) electrons. The van der Waals surface area contributed by atoms with Gasteiger partial charge in [0.15, 0.2) is 5.13 Å². The van der Waals surface area contributed by atoms with Gasteiger partial charge >= 0.3 is 11.8 Å². The van der Waals surface area contributed by atoms with E-state index in [0.29, 0.717) is 18.2 Å². The van der Waals surface area contributed by atoms with Crippen molar-refractivity contribution in [1.82, 2.24) is 9.88 Å². The van der Waals surface area contributed by atoms with E-state index in [9.17, 15) is 9.59 Å². The molecule has 106 valence electrons. The van der Waals surface area contributed by atoms with Gasteiger partial charge in [0.2, 0.25) is 0 Å². The molecule has 1 N–H and O–H groups in total. The highest BCUT2D eigenvalue weighted by Crippen LogP contribution is 2.16. The molecule has 0 spiro atoms. The molecule has 6 nitrogen and oxygen atoms in total. The standard InChI is InChI=1S/C13H15N3O3S/c1-3-16(7-10-4-5-19-8-10)12(18)11(17)15-13-14-6-9(2)20-13/h4-6,8H,3,7H2,1-2H3,(H,14,15,17). The molecule has 2 aromatic heterocycles. The first-order chi connectivity index (χ1) is 9.60. The summed E-state index contributed by atoms with van der Waals surface area (Å²) in [5.74, 6) is -1.26. The number of nitrogens with zero attached hydrogens (tertiary/aromatic N) is 2. The average Bonchev–Trinajstić information content (AvgIpc) is 3.07. The van der Waals surface area contributed by atoms with Crippen LogP contribution in [0, 0.1) is 6.92 Å². The number of carbonyl (C=O) groups excluding carboxylic acids is 2. The van der Waals surface area contributed by atoms with Gasteiger partial charge in [-0.1, -0.05) is 0 Å². The summed E-state index contributed by atoms with van der Waals surface area (Å²) in [6, 6.07) is 1.76. The quantitative estimate of drug-likeness (QED) is 0.875. The summed E-state index contributed by atoms with van der Waals surface area (Å²) in [5, 5.41) is 2.94. The second-order valence-corrected chi connectivity index (χ2v) is 5.42.